The van der Waals surface area contributed by atoms with Gasteiger partial charge in [0.1, 0.15) is 12.4 Å². The minimum atomic E-state index is -4.47. The third-order valence-corrected chi connectivity index (χ3v) is 2.58. The second kappa shape index (κ2) is 6.21. The van der Waals surface area contributed by atoms with E-state index in [0.717, 1.165) is 11.0 Å². The van der Waals surface area contributed by atoms with E-state index in [4.69, 9.17) is 10.8 Å². The van der Waals surface area contributed by atoms with E-state index in [2.05, 4.69) is 0 Å². The van der Waals surface area contributed by atoms with Gasteiger partial charge in [-0.1, -0.05) is 6.07 Å². The molecule has 1 aromatic carbocycles. The van der Waals surface area contributed by atoms with Gasteiger partial charge in [0.05, 0.1) is 12.3 Å². The zero-order valence-electron chi connectivity index (χ0n) is 10.4. The van der Waals surface area contributed by atoms with Crippen molar-refractivity contribution in [3.05, 3.63) is 29.6 Å². The molecular formula is C12H16F4N2O. The molecule has 0 aliphatic carbocycles. The molecule has 108 valence electrons. The van der Waals surface area contributed by atoms with Gasteiger partial charge in [-0.3, -0.25) is 0 Å². The van der Waals surface area contributed by atoms with E-state index in [0.29, 0.717) is 5.56 Å². The molecule has 0 bridgehead atoms. The fourth-order valence-corrected chi connectivity index (χ4v) is 1.68. The van der Waals surface area contributed by atoms with Crippen molar-refractivity contribution >= 4 is 5.69 Å². The van der Waals surface area contributed by atoms with Crippen LogP contribution in [0.4, 0.5) is 23.2 Å². The molecule has 0 fully saturated rings. The number of alkyl halides is 3. The molecule has 1 atom stereocenters. The Morgan fingerprint density at radius 3 is 2.42 bits per heavy atom. The van der Waals surface area contributed by atoms with Gasteiger partial charge in [0.25, 0.3) is 0 Å². The van der Waals surface area contributed by atoms with Gasteiger partial charge >= 0.3 is 6.18 Å². The summed E-state index contributed by atoms with van der Waals surface area (Å²) in [7, 11) is 0. The minimum absolute atomic E-state index is 0.198. The second-order valence-corrected chi connectivity index (χ2v) is 4.26. The molecule has 1 aromatic rings. The van der Waals surface area contributed by atoms with E-state index < -0.39 is 31.2 Å². The van der Waals surface area contributed by atoms with Crippen LogP contribution in [0, 0.1) is 5.82 Å². The van der Waals surface area contributed by atoms with Crippen LogP contribution in [0.5, 0.6) is 0 Å². The summed E-state index contributed by atoms with van der Waals surface area (Å²) in [4.78, 5) is 0.750. The van der Waals surface area contributed by atoms with Crippen LogP contribution in [0.1, 0.15) is 18.5 Å². The van der Waals surface area contributed by atoms with Crippen LogP contribution in [0.15, 0.2) is 18.2 Å². The van der Waals surface area contributed by atoms with Gasteiger partial charge in [0.2, 0.25) is 0 Å². The first-order valence-electron chi connectivity index (χ1n) is 5.72. The molecule has 0 heterocycles. The Hall–Kier alpha value is -1.34. The first kappa shape index (κ1) is 15.7. The SMILES string of the molecule is CC(N)c1ccc(N(CCO)CC(F)(F)F)c(F)c1. The molecule has 1 rings (SSSR count). The van der Waals surface area contributed by atoms with Crippen LogP contribution < -0.4 is 10.6 Å². The lowest BCUT2D eigenvalue weighted by Crippen LogP contribution is -2.36. The first-order chi connectivity index (χ1) is 8.74. The van der Waals surface area contributed by atoms with Gasteiger partial charge in [-0.25, -0.2) is 4.39 Å². The number of nitrogens with two attached hydrogens (primary N) is 1. The van der Waals surface area contributed by atoms with Gasteiger partial charge in [0.15, 0.2) is 0 Å². The lowest BCUT2D eigenvalue weighted by atomic mass is 10.1. The molecule has 0 aliphatic heterocycles. The van der Waals surface area contributed by atoms with Crippen molar-refractivity contribution in [2.45, 2.75) is 19.1 Å². The number of hydrogen-bond acceptors (Lipinski definition) is 3. The molecular weight excluding hydrogens is 264 g/mol. The van der Waals surface area contributed by atoms with Crippen LogP contribution in [-0.4, -0.2) is 31.0 Å². The van der Waals surface area contributed by atoms with Crippen LogP contribution in [0.25, 0.3) is 0 Å². The van der Waals surface area contributed by atoms with Gasteiger partial charge in [-0.2, -0.15) is 13.2 Å². The molecule has 19 heavy (non-hydrogen) atoms. The van der Waals surface area contributed by atoms with E-state index in [9.17, 15) is 17.6 Å². The molecule has 0 aromatic heterocycles. The number of anilines is 1. The number of halogens is 4. The third-order valence-electron chi connectivity index (χ3n) is 2.58. The van der Waals surface area contributed by atoms with Crippen molar-refractivity contribution < 1.29 is 22.7 Å². The van der Waals surface area contributed by atoms with Crippen molar-refractivity contribution in [3.63, 3.8) is 0 Å². The summed E-state index contributed by atoms with van der Waals surface area (Å²) in [5.74, 6) is -0.785. The fraction of sp³-hybridized carbons (Fsp3) is 0.500. The number of rotatable bonds is 5. The summed E-state index contributed by atoms with van der Waals surface area (Å²) in [6.45, 7) is -0.462. The summed E-state index contributed by atoms with van der Waals surface area (Å²) in [5.41, 5.74) is 5.87. The van der Waals surface area contributed by atoms with E-state index in [-0.39, 0.29) is 12.2 Å². The molecule has 0 amide bonds. The van der Waals surface area contributed by atoms with Crippen LogP contribution >= 0.6 is 0 Å². The third kappa shape index (κ3) is 4.68. The molecule has 0 aliphatic rings. The van der Waals surface area contributed by atoms with Crippen molar-refractivity contribution in [1.29, 1.82) is 0 Å². The van der Waals surface area contributed by atoms with Crippen molar-refractivity contribution in [3.8, 4) is 0 Å². The Morgan fingerprint density at radius 1 is 1.37 bits per heavy atom. The predicted octanol–water partition coefficient (Wildman–Crippen LogP) is 2.21. The zero-order valence-corrected chi connectivity index (χ0v) is 10.4. The van der Waals surface area contributed by atoms with E-state index in [1.807, 2.05) is 0 Å². The van der Waals surface area contributed by atoms with E-state index >= 15 is 0 Å². The Bertz CT molecular complexity index is 421. The zero-order chi connectivity index (χ0) is 14.6. The second-order valence-electron chi connectivity index (χ2n) is 4.26. The van der Waals surface area contributed by atoms with Crippen molar-refractivity contribution in [2.75, 3.05) is 24.6 Å². The maximum absolute atomic E-state index is 13.8. The smallest absolute Gasteiger partial charge is 0.395 e. The van der Waals surface area contributed by atoms with Gasteiger partial charge in [-0.15, -0.1) is 0 Å². The highest BCUT2D eigenvalue weighted by atomic mass is 19.4. The van der Waals surface area contributed by atoms with Crippen LogP contribution in [-0.2, 0) is 0 Å². The Balaban J connectivity index is 3.02. The maximum atomic E-state index is 13.8. The lowest BCUT2D eigenvalue weighted by molar-refractivity contribution is -0.119. The van der Waals surface area contributed by atoms with Gasteiger partial charge < -0.3 is 15.7 Å². The highest BCUT2D eigenvalue weighted by Gasteiger charge is 2.31. The molecule has 0 saturated heterocycles. The fourth-order valence-electron chi connectivity index (χ4n) is 1.68. The number of aliphatic hydroxyl groups is 1. The molecule has 0 radical (unpaired) electrons. The summed E-state index contributed by atoms with van der Waals surface area (Å²) in [6, 6.07) is 3.43. The number of nitrogens with zero attached hydrogens (tertiary/aromatic N) is 1. The lowest BCUT2D eigenvalue weighted by Gasteiger charge is -2.26. The monoisotopic (exact) mass is 280 g/mol. The van der Waals surface area contributed by atoms with Crippen molar-refractivity contribution in [2.24, 2.45) is 5.73 Å². The predicted molar refractivity (Wildman–Crippen MR) is 64.4 cm³/mol. The number of hydrogen-bond donors (Lipinski definition) is 2. The summed E-state index contributed by atoms with van der Waals surface area (Å²) in [5, 5.41) is 8.78. The average molecular weight is 280 g/mol. The van der Waals surface area contributed by atoms with Gasteiger partial charge in [0, 0.05) is 12.6 Å². The topological polar surface area (TPSA) is 49.5 Å². The van der Waals surface area contributed by atoms with E-state index in [1.165, 1.54) is 12.1 Å². The normalized spacial score (nSPS) is 13.4. The summed E-state index contributed by atoms with van der Waals surface area (Å²) in [6.07, 6.45) is -4.47. The summed E-state index contributed by atoms with van der Waals surface area (Å²) < 4.78 is 51.0. The standard InChI is InChI=1S/C12H16F4N2O/c1-8(17)9-2-3-11(10(13)6-9)18(4-5-19)7-12(14,15)16/h2-3,6,8,19H,4-5,7,17H2,1H3. The quantitative estimate of drug-likeness (QED) is 0.813. The highest BCUT2D eigenvalue weighted by molar-refractivity contribution is 5.49. The Labute approximate surface area is 108 Å². The molecule has 0 saturated carbocycles. The van der Waals surface area contributed by atoms with Crippen LogP contribution in [0.2, 0.25) is 0 Å². The van der Waals surface area contributed by atoms with Gasteiger partial charge in [-0.05, 0) is 24.6 Å². The molecule has 3 N–H and O–H groups in total. The molecule has 3 nitrogen and oxygen atoms in total. The summed E-state index contributed by atoms with van der Waals surface area (Å²) >= 11 is 0. The Kier molecular flexibility index (Phi) is 5.13. The van der Waals surface area contributed by atoms with Crippen molar-refractivity contribution in [1.82, 2.24) is 0 Å². The molecule has 7 heteroatoms. The largest absolute Gasteiger partial charge is 0.405 e. The number of benzene rings is 1. The van der Waals surface area contributed by atoms with Crippen LogP contribution in [0.3, 0.4) is 0 Å². The maximum Gasteiger partial charge on any atom is 0.405 e. The molecule has 0 spiro atoms. The molecule has 1 unspecified atom stereocenters. The number of aliphatic hydroxyl groups excluding tert-OH is 1. The minimum Gasteiger partial charge on any atom is -0.395 e. The first-order valence-corrected chi connectivity index (χ1v) is 5.72. The highest BCUT2D eigenvalue weighted by Crippen LogP contribution is 2.26. The average Bonchev–Trinajstić information content (AvgIpc) is 2.26. The van der Waals surface area contributed by atoms with E-state index in [1.54, 1.807) is 6.92 Å². The Morgan fingerprint density at radius 2 is 2.00 bits per heavy atom.